The molecule has 0 amide bonds. The van der Waals surface area contributed by atoms with Crippen LogP contribution in [-0.4, -0.2) is 38.8 Å². The first-order chi connectivity index (χ1) is 11.8. The molecule has 1 N–H and O–H groups in total. The average Bonchev–Trinajstić information content (AvgIpc) is 2.62. The summed E-state index contributed by atoms with van der Waals surface area (Å²) >= 11 is 0. The average molecular weight is 326 g/mol. The number of hydrogen-bond donors (Lipinski definition) is 1. The maximum Gasteiger partial charge on any atom is 0.184 e. The minimum atomic E-state index is 0.687. The lowest BCUT2D eigenvalue weighted by Crippen LogP contribution is -2.20. The van der Waals surface area contributed by atoms with Crippen molar-refractivity contribution in [3.63, 3.8) is 0 Å². The lowest BCUT2D eigenvalue weighted by atomic mass is 10.1. The van der Waals surface area contributed by atoms with Crippen LogP contribution < -0.4 is 14.8 Å². The van der Waals surface area contributed by atoms with Gasteiger partial charge in [0.15, 0.2) is 11.5 Å². The molecule has 1 aliphatic heterocycles. The Morgan fingerprint density at radius 2 is 2.00 bits per heavy atom. The Morgan fingerprint density at radius 1 is 1.17 bits per heavy atom. The standard InChI is InChI=1S/C20H26N2O2/c1-22(15-16-7-4-3-5-8-16)11-6-9-17-13-18-20(19(14-17)23-2)24-12-10-21-18/h3-5,7-8,13-14,21H,6,9-12,15H2,1-2H3. The van der Waals surface area contributed by atoms with Crippen LogP contribution in [0.3, 0.4) is 0 Å². The van der Waals surface area contributed by atoms with Crippen LogP contribution in [0.2, 0.25) is 0 Å². The van der Waals surface area contributed by atoms with E-state index in [0.717, 1.165) is 49.7 Å². The number of anilines is 1. The van der Waals surface area contributed by atoms with Gasteiger partial charge in [0.2, 0.25) is 0 Å². The van der Waals surface area contributed by atoms with Crippen molar-refractivity contribution in [1.82, 2.24) is 4.90 Å². The van der Waals surface area contributed by atoms with Crippen LogP contribution in [-0.2, 0) is 13.0 Å². The highest BCUT2D eigenvalue weighted by Gasteiger charge is 2.16. The molecule has 0 aromatic heterocycles. The molecule has 24 heavy (non-hydrogen) atoms. The molecule has 0 radical (unpaired) electrons. The van der Waals surface area contributed by atoms with Gasteiger partial charge in [0, 0.05) is 13.1 Å². The molecule has 0 atom stereocenters. The summed E-state index contributed by atoms with van der Waals surface area (Å²) in [5.41, 5.74) is 3.70. The van der Waals surface area contributed by atoms with Crippen molar-refractivity contribution in [2.24, 2.45) is 0 Å². The number of ether oxygens (including phenoxy) is 2. The third kappa shape index (κ3) is 4.20. The molecule has 0 bridgehead atoms. The molecule has 128 valence electrons. The van der Waals surface area contributed by atoms with Crippen LogP contribution in [0.5, 0.6) is 11.5 Å². The van der Waals surface area contributed by atoms with E-state index in [2.05, 4.69) is 59.7 Å². The summed E-state index contributed by atoms with van der Waals surface area (Å²) in [6.07, 6.45) is 2.15. The highest BCUT2D eigenvalue weighted by Crippen LogP contribution is 2.38. The zero-order valence-corrected chi connectivity index (χ0v) is 14.5. The third-order valence-electron chi connectivity index (χ3n) is 4.30. The van der Waals surface area contributed by atoms with Gasteiger partial charge >= 0.3 is 0 Å². The number of fused-ring (bicyclic) bond motifs is 1. The Bertz CT molecular complexity index is 641. The molecular formula is C20H26N2O2. The van der Waals surface area contributed by atoms with Gasteiger partial charge in [-0.3, -0.25) is 0 Å². The van der Waals surface area contributed by atoms with Gasteiger partial charge in [0.25, 0.3) is 0 Å². The normalized spacial score (nSPS) is 13.1. The number of rotatable bonds is 7. The Morgan fingerprint density at radius 3 is 2.79 bits per heavy atom. The Hall–Kier alpha value is -2.20. The smallest absolute Gasteiger partial charge is 0.184 e. The van der Waals surface area contributed by atoms with Crippen molar-refractivity contribution < 1.29 is 9.47 Å². The first-order valence-electron chi connectivity index (χ1n) is 8.56. The summed E-state index contributed by atoms with van der Waals surface area (Å²) in [4.78, 5) is 2.37. The lowest BCUT2D eigenvalue weighted by molar-refractivity contribution is 0.297. The number of nitrogens with one attached hydrogen (secondary N) is 1. The van der Waals surface area contributed by atoms with Crippen LogP contribution in [0.25, 0.3) is 0 Å². The molecule has 0 saturated heterocycles. The van der Waals surface area contributed by atoms with Crippen molar-refractivity contribution >= 4 is 5.69 Å². The van der Waals surface area contributed by atoms with E-state index in [-0.39, 0.29) is 0 Å². The Kier molecular flexibility index (Phi) is 5.59. The van der Waals surface area contributed by atoms with Gasteiger partial charge in [0.1, 0.15) is 6.61 Å². The second-order valence-electron chi connectivity index (χ2n) is 6.28. The topological polar surface area (TPSA) is 33.7 Å². The zero-order valence-electron chi connectivity index (χ0n) is 14.5. The van der Waals surface area contributed by atoms with Crippen molar-refractivity contribution in [2.45, 2.75) is 19.4 Å². The van der Waals surface area contributed by atoms with Crippen molar-refractivity contribution in [3.8, 4) is 11.5 Å². The van der Waals surface area contributed by atoms with E-state index in [1.807, 2.05) is 0 Å². The summed E-state index contributed by atoms with van der Waals surface area (Å²) in [7, 11) is 3.88. The number of methoxy groups -OCH3 is 1. The second-order valence-corrected chi connectivity index (χ2v) is 6.28. The Labute approximate surface area is 144 Å². The highest BCUT2D eigenvalue weighted by atomic mass is 16.5. The molecule has 0 unspecified atom stereocenters. The van der Waals surface area contributed by atoms with Crippen LogP contribution in [0, 0.1) is 0 Å². The molecule has 0 fully saturated rings. The third-order valence-corrected chi connectivity index (χ3v) is 4.30. The minimum absolute atomic E-state index is 0.687. The predicted octanol–water partition coefficient (Wildman–Crippen LogP) is 3.56. The molecule has 1 heterocycles. The summed E-state index contributed by atoms with van der Waals surface area (Å²) in [6.45, 7) is 3.59. The van der Waals surface area contributed by atoms with E-state index in [1.165, 1.54) is 11.1 Å². The summed E-state index contributed by atoms with van der Waals surface area (Å²) < 4.78 is 11.2. The minimum Gasteiger partial charge on any atom is -0.493 e. The second kappa shape index (κ2) is 8.06. The molecule has 1 aliphatic rings. The molecule has 0 aliphatic carbocycles. The van der Waals surface area contributed by atoms with Crippen LogP contribution in [0.4, 0.5) is 5.69 Å². The fraction of sp³-hybridized carbons (Fsp3) is 0.400. The van der Waals surface area contributed by atoms with E-state index >= 15 is 0 Å². The maximum absolute atomic E-state index is 5.71. The van der Waals surface area contributed by atoms with Crippen molar-refractivity contribution in [1.29, 1.82) is 0 Å². The van der Waals surface area contributed by atoms with E-state index in [9.17, 15) is 0 Å². The van der Waals surface area contributed by atoms with Gasteiger partial charge in [-0.15, -0.1) is 0 Å². The van der Waals surface area contributed by atoms with Gasteiger partial charge in [-0.1, -0.05) is 30.3 Å². The molecule has 0 saturated carbocycles. The zero-order chi connectivity index (χ0) is 16.8. The first kappa shape index (κ1) is 16.7. The van der Waals surface area contributed by atoms with Gasteiger partial charge in [-0.05, 0) is 49.7 Å². The molecule has 3 rings (SSSR count). The fourth-order valence-electron chi connectivity index (χ4n) is 3.10. The van der Waals surface area contributed by atoms with E-state index in [0.29, 0.717) is 6.61 Å². The van der Waals surface area contributed by atoms with Gasteiger partial charge in [-0.2, -0.15) is 0 Å². The summed E-state index contributed by atoms with van der Waals surface area (Å²) in [5, 5.41) is 3.39. The number of hydrogen-bond acceptors (Lipinski definition) is 4. The summed E-state index contributed by atoms with van der Waals surface area (Å²) in [5.74, 6) is 1.67. The molecule has 2 aromatic rings. The summed E-state index contributed by atoms with van der Waals surface area (Å²) in [6, 6.07) is 14.9. The monoisotopic (exact) mass is 326 g/mol. The molecule has 4 heteroatoms. The maximum atomic E-state index is 5.71. The van der Waals surface area contributed by atoms with E-state index < -0.39 is 0 Å². The quantitative estimate of drug-likeness (QED) is 0.843. The lowest BCUT2D eigenvalue weighted by Gasteiger charge is -2.22. The van der Waals surface area contributed by atoms with Crippen LogP contribution in [0.15, 0.2) is 42.5 Å². The number of aryl methyl sites for hydroxylation is 1. The molecule has 4 nitrogen and oxygen atoms in total. The van der Waals surface area contributed by atoms with Gasteiger partial charge < -0.3 is 19.7 Å². The predicted molar refractivity (Wildman–Crippen MR) is 98.1 cm³/mol. The SMILES string of the molecule is COc1cc(CCCN(C)Cc2ccccc2)cc2c1OCCN2. The number of nitrogens with zero attached hydrogens (tertiary/aromatic N) is 1. The molecular weight excluding hydrogens is 300 g/mol. The van der Waals surface area contributed by atoms with Crippen LogP contribution >= 0.6 is 0 Å². The van der Waals surface area contributed by atoms with Crippen molar-refractivity contribution in [2.75, 3.05) is 39.2 Å². The number of benzene rings is 2. The fourth-order valence-corrected chi connectivity index (χ4v) is 3.10. The van der Waals surface area contributed by atoms with E-state index in [4.69, 9.17) is 9.47 Å². The van der Waals surface area contributed by atoms with Gasteiger partial charge in [-0.25, -0.2) is 0 Å². The highest BCUT2D eigenvalue weighted by molar-refractivity contribution is 5.66. The van der Waals surface area contributed by atoms with E-state index in [1.54, 1.807) is 7.11 Å². The first-order valence-corrected chi connectivity index (χ1v) is 8.56. The van der Waals surface area contributed by atoms with Crippen molar-refractivity contribution in [3.05, 3.63) is 53.6 Å². The largest absolute Gasteiger partial charge is 0.493 e. The van der Waals surface area contributed by atoms with Gasteiger partial charge in [0.05, 0.1) is 12.8 Å². The Balaban J connectivity index is 1.55. The molecule has 2 aromatic carbocycles. The molecule has 0 spiro atoms. The van der Waals surface area contributed by atoms with Crippen LogP contribution in [0.1, 0.15) is 17.5 Å².